The van der Waals surface area contributed by atoms with Gasteiger partial charge in [0.25, 0.3) is 0 Å². The number of benzene rings is 1. The highest BCUT2D eigenvalue weighted by Gasteiger charge is 2.27. The van der Waals surface area contributed by atoms with Crippen molar-refractivity contribution in [3.63, 3.8) is 0 Å². The van der Waals surface area contributed by atoms with Crippen molar-refractivity contribution in [1.29, 1.82) is 5.26 Å². The van der Waals surface area contributed by atoms with Crippen molar-refractivity contribution in [3.8, 4) is 6.07 Å². The van der Waals surface area contributed by atoms with E-state index in [1.54, 1.807) is 30.7 Å². The number of aliphatic hydroxyl groups is 1. The molecule has 4 heteroatoms. The fourth-order valence-corrected chi connectivity index (χ4v) is 2.13. The number of imidazole rings is 1. The summed E-state index contributed by atoms with van der Waals surface area (Å²) in [5, 5.41) is 19.3. The molecular weight excluding hydrogens is 226 g/mol. The minimum atomic E-state index is -0.721. The highest BCUT2D eigenvalue weighted by atomic mass is 16.3. The van der Waals surface area contributed by atoms with Gasteiger partial charge < -0.3 is 9.67 Å². The van der Waals surface area contributed by atoms with E-state index < -0.39 is 6.10 Å². The average Bonchev–Trinajstić information content (AvgIpc) is 3.15. The Morgan fingerprint density at radius 1 is 1.44 bits per heavy atom. The van der Waals surface area contributed by atoms with Crippen LogP contribution in [0.25, 0.3) is 0 Å². The summed E-state index contributed by atoms with van der Waals surface area (Å²) in [7, 11) is 0. The van der Waals surface area contributed by atoms with Gasteiger partial charge in [0, 0.05) is 6.04 Å². The lowest BCUT2D eigenvalue weighted by atomic mass is 10.0. The van der Waals surface area contributed by atoms with Crippen LogP contribution in [0.1, 0.15) is 41.8 Å². The topological polar surface area (TPSA) is 61.8 Å². The van der Waals surface area contributed by atoms with E-state index in [1.165, 1.54) is 0 Å². The van der Waals surface area contributed by atoms with E-state index in [2.05, 4.69) is 11.1 Å². The van der Waals surface area contributed by atoms with Crippen LogP contribution in [-0.2, 0) is 0 Å². The first kappa shape index (κ1) is 11.0. The molecule has 18 heavy (non-hydrogen) atoms. The number of rotatable bonds is 3. The zero-order valence-electron chi connectivity index (χ0n) is 9.82. The lowest BCUT2D eigenvalue weighted by molar-refractivity contribution is 0.209. The van der Waals surface area contributed by atoms with Crippen LogP contribution in [0.4, 0.5) is 0 Å². The minimum absolute atomic E-state index is 0.483. The molecule has 1 fully saturated rings. The third-order valence-corrected chi connectivity index (χ3v) is 3.25. The summed E-state index contributed by atoms with van der Waals surface area (Å²) in [6.45, 7) is 0. The Kier molecular flexibility index (Phi) is 2.62. The molecule has 90 valence electrons. The summed E-state index contributed by atoms with van der Waals surface area (Å²) in [5.41, 5.74) is 2.09. The molecule has 0 saturated heterocycles. The third-order valence-electron chi connectivity index (χ3n) is 3.25. The molecule has 0 radical (unpaired) electrons. The molecule has 0 aliphatic heterocycles. The summed E-state index contributed by atoms with van der Waals surface area (Å²) in [5.74, 6) is 0. The molecule has 3 rings (SSSR count). The highest BCUT2D eigenvalue weighted by molar-refractivity contribution is 5.36. The molecule has 1 aromatic carbocycles. The molecule has 1 atom stereocenters. The van der Waals surface area contributed by atoms with E-state index in [9.17, 15) is 5.11 Å². The van der Waals surface area contributed by atoms with Crippen molar-refractivity contribution >= 4 is 0 Å². The van der Waals surface area contributed by atoms with Gasteiger partial charge in [-0.3, -0.25) is 0 Å². The van der Waals surface area contributed by atoms with Crippen LogP contribution in [0.2, 0.25) is 0 Å². The molecule has 1 aromatic heterocycles. The monoisotopic (exact) mass is 239 g/mol. The lowest BCUT2D eigenvalue weighted by Crippen LogP contribution is -2.07. The zero-order chi connectivity index (χ0) is 12.5. The van der Waals surface area contributed by atoms with Crippen LogP contribution < -0.4 is 0 Å². The van der Waals surface area contributed by atoms with Gasteiger partial charge in [-0.15, -0.1) is 0 Å². The number of hydrogen-bond acceptors (Lipinski definition) is 3. The Morgan fingerprint density at radius 2 is 2.28 bits per heavy atom. The summed E-state index contributed by atoms with van der Waals surface area (Å²) in [4.78, 5) is 4.11. The first-order chi connectivity index (χ1) is 8.79. The van der Waals surface area contributed by atoms with Gasteiger partial charge in [-0.25, -0.2) is 4.98 Å². The quantitative estimate of drug-likeness (QED) is 0.892. The van der Waals surface area contributed by atoms with Crippen LogP contribution in [0.5, 0.6) is 0 Å². The fourth-order valence-electron chi connectivity index (χ4n) is 2.13. The first-order valence-corrected chi connectivity index (χ1v) is 5.99. The molecule has 4 nitrogen and oxygen atoms in total. The van der Waals surface area contributed by atoms with Crippen LogP contribution in [0, 0.1) is 11.3 Å². The highest BCUT2D eigenvalue weighted by Crippen LogP contribution is 2.37. The molecule has 1 N–H and O–H groups in total. The number of aliphatic hydroxyl groups excluding tert-OH is 1. The fraction of sp³-hybridized carbons (Fsp3) is 0.286. The SMILES string of the molecule is N#Cc1cccc(C(O)c2cncn2C2CC2)c1. The van der Waals surface area contributed by atoms with Gasteiger partial charge in [0.1, 0.15) is 6.10 Å². The van der Waals surface area contributed by atoms with Crippen molar-refractivity contribution in [1.82, 2.24) is 9.55 Å². The van der Waals surface area contributed by atoms with Crippen molar-refractivity contribution in [2.24, 2.45) is 0 Å². The molecule has 0 bridgehead atoms. The van der Waals surface area contributed by atoms with Crippen molar-refractivity contribution in [2.45, 2.75) is 25.0 Å². The largest absolute Gasteiger partial charge is 0.382 e. The molecule has 0 spiro atoms. The molecule has 1 aliphatic rings. The number of nitrogens with zero attached hydrogens (tertiary/aromatic N) is 3. The van der Waals surface area contributed by atoms with Gasteiger partial charge >= 0.3 is 0 Å². The minimum Gasteiger partial charge on any atom is -0.382 e. The predicted octanol–water partition coefficient (Wildman–Crippen LogP) is 2.17. The Bertz CT molecular complexity index is 607. The summed E-state index contributed by atoms with van der Waals surface area (Å²) < 4.78 is 2.03. The second kappa shape index (κ2) is 4.28. The number of aromatic nitrogens is 2. The van der Waals surface area contributed by atoms with E-state index in [0.717, 1.165) is 24.1 Å². The Hall–Kier alpha value is -2.12. The first-order valence-electron chi connectivity index (χ1n) is 5.99. The second-order valence-corrected chi connectivity index (χ2v) is 4.60. The van der Waals surface area contributed by atoms with Crippen LogP contribution in [0.15, 0.2) is 36.8 Å². The van der Waals surface area contributed by atoms with Crippen molar-refractivity contribution in [3.05, 3.63) is 53.6 Å². The van der Waals surface area contributed by atoms with E-state index in [-0.39, 0.29) is 0 Å². The molecule has 1 saturated carbocycles. The van der Waals surface area contributed by atoms with Crippen molar-refractivity contribution < 1.29 is 5.11 Å². The van der Waals surface area contributed by atoms with E-state index in [0.29, 0.717) is 11.6 Å². The van der Waals surface area contributed by atoms with Gasteiger partial charge in [-0.1, -0.05) is 12.1 Å². The molecule has 2 aromatic rings. The van der Waals surface area contributed by atoms with Gasteiger partial charge in [-0.05, 0) is 30.5 Å². The van der Waals surface area contributed by atoms with E-state index in [1.807, 2.05) is 10.6 Å². The smallest absolute Gasteiger partial charge is 0.121 e. The third kappa shape index (κ3) is 1.89. The summed E-state index contributed by atoms with van der Waals surface area (Å²) in [6, 6.07) is 9.63. The van der Waals surface area contributed by atoms with Crippen LogP contribution in [-0.4, -0.2) is 14.7 Å². The maximum absolute atomic E-state index is 10.4. The van der Waals surface area contributed by atoms with Gasteiger partial charge in [0.05, 0.1) is 29.9 Å². The maximum Gasteiger partial charge on any atom is 0.121 e. The molecule has 0 amide bonds. The second-order valence-electron chi connectivity index (χ2n) is 4.60. The number of hydrogen-bond donors (Lipinski definition) is 1. The molecule has 1 unspecified atom stereocenters. The van der Waals surface area contributed by atoms with Gasteiger partial charge in [-0.2, -0.15) is 5.26 Å². The standard InChI is InChI=1S/C14H13N3O/c15-7-10-2-1-3-11(6-10)14(18)13-8-16-9-17(13)12-4-5-12/h1-3,6,8-9,12,14,18H,4-5H2. The van der Waals surface area contributed by atoms with Gasteiger partial charge in [0.15, 0.2) is 0 Å². The molecule has 1 aliphatic carbocycles. The maximum atomic E-state index is 10.4. The Labute approximate surface area is 105 Å². The number of nitriles is 1. The van der Waals surface area contributed by atoms with Crippen molar-refractivity contribution in [2.75, 3.05) is 0 Å². The zero-order valence-corrected chi connectivity index (χ0v) is 9.82. The Balaban J connectivity index is 1.95. The van der Waals surface area contributed by atoms with E-state index >= 15 is 0 Å². The van der Waals surface area contributed by atoms with Crippen LogP contribution >= 0.6 is 0 Å². The molecule has 1 heterocycles. The predicted molar refractivity (Wildman–Crippen MR) is 65.7 cm³/mol. The summed E-state index contributed by atoms with van der Waals surface area (Å²) >= 11 is 0. The molecular formula is C14H13N3O. The Morgan fingerprint density at radius 3 is 3.00 bits per heavy atom. The normalized spacial score (nSPS) is 16.2. The summed E-state index contributed by atoms with van der Waals surface area (Å²) in [6.07, 6.45) is 5.04. The lowest BCUT2D eigenvalue weighted by Gasteiger charge is -2.13. The van der Waals surface area contributed by atoms with Crippen LogP contribution in [0.3, 0.4) is 0 Å². The van der Waals surface area contributed by atoms with Gasteiger partial charge in [0.2, 0.25) is 0 Å². The van der Waals surface area contributed by atoms with E-state index in [4.69, 9.17) is 5.26 Å². The average molecular weight is 239 g/mol.